The predicted octanol–water partition coefficient (Wildman–Crippen LogP) is 2.73. The van der Waals surface area contributed by atoms with E-state index < -0.39 is 12.0 Å². The van der Waals surface area contributed by atoms with Crippen molar-refractivity contribution in [1.82, 2.24) is 9.55 Å². The molecule has 1 aromatic heterocycles. The van der Waals surface area contributed by atoms with Gasteiger partial charge in [-0.25, -0.2) is 4.98 Å². The first-order chi connectivity index (χ1) is 11.7. The second-order valence-corrected chi connectivity index (χ2v) is 5.61. The van der Waals surface area contributed by atoms with Crippen molar-refractivity contribution in [2.45, 2.75) is 6.04 Å². The molecular formula is C18H14N4O2. The molecule has 6 nitrogen and oxygen atoms in total. The Labute approximate surface area is 138 Å². The monoisotopic (exact) mass is 318 g/mol. The second kappa shape index (κ2) is 5.39. The fourth-order valence-corrected chi connectivity index (χ4v) is 3.17. The van der Waals surface area contributed by atoms with Gasteiger partial charge in [-0.3, -0.25) is 10.1 Å². The van der Waals surface area contributed by atoms with Crippen molar-refractivity contribution in [2.75, 3.05) is 12.4 Å². The largest absolute Gasteiger partial charge is 0.497 e. The summed E-state index contributed by atoms with van der Waals surface area (Å²) < 4.78 is 7.12. The topological polar surface area (TPSA) is 79.9 Å². The summed E-state index contributed by atoms with van der Waals surface area (Å²) in [6, 6.07) is 16.8. The summed E-state index contributed by atoms with van der Waals surface area (Å²) in [6.45, 7) is 0. The van der Waals surface area contributed by atoms with Crippen molar-refractivity contribution in [2.24, 2.45) is 5.92 Å². The Kier molecular flexibility index (Phi) is 3.21. The number of fused-ring (bicyclic) bond motifs is 3. The highest BCUT2D eigenvalue weighted by Crippen LogP contribution is 2.38. The maximum absolute atomic E-state index is 12.4. The first-order valence-corrected chi connectivity index (χ1v) is 7.54. The van der Waals surface area contributed by atoms with Crippen LogP contribution in [0.15, 0.2) is 48.5 Å². The van der Waals surface area contributed by atoms with Crippen molar-refractivity contribution >= 4 is 22.9 Å². The number of carbonyl (C=O) groups is 1. The van der Waals surface area contributed by atoms with Crippen molar-refractivity contribution in [1.29, 1.82) is 5.26 Å². The van der Waals surface area contributed by atoms with E-state index in [-0.39, 0.29) is 5.91 Å². The van der Waals surface area contributed by atoms with Crippen LogP contribution in [0.5, 0.6) is 5.75 Å². The Hall–Kier alpha value is -3.33. The van der Waals surface area contributed by atoms with Gasteiger partial charge in [0.2, 0.25) is 11.9 Å². The third-order valence-corrected chi connectivity index (χ3v) is 4.30. The number of carbonyl (C=O) groups excluding carboxylic acids is 1. The molecule has 2 atom stereocenters. The maximum Gasteiger partial charge on any atom is 0.246 e. The quantitative estimate of drug-likeness (QED) is 0.788. The van der Waals surface area contributed by atoms with Gasteiger partial charge in [0.25, 0.3) is 0 Å². The molecule has 1 aliphatic rings. The molecule has 0 saturated carbocycles. The number of amides is 1. The highest BCUT2D eigenvalue weighted by molar-refractivity contribution is 5.97. The fraction of sp³-hybridized carbons (Fsp3) is 0.167. The van der Waals surface area contributed by atoms with Crippen LogP contribution in [0.25, 0.3) is 11.0 Å². The van der Waals surface area contributed by atoms with Crippen LogP contribution in [0, 0.1) is 17.2 Å². The van der Waals surface area contributed by atoms with Gasteiger partial charge in [-0.05, 0) is 29.8 Å². The number of hydrogen-bond acceptors (Lipinski definition) is 4. The molecule has 1 amide bonds. The molecule has 1 aliphatic heterocycles. The SMILES string of the molecule is COc1ccc([C@H]2[C@H](C#N)C(=O)Nc3nc4ccccc4n32)cc1. The fourth-order valence-electron chi connectivity index (χ4n) is 3.17. The molecule has 0 spiro atoms. The molecule has 6 heteroatoms. The summed E-state index contributed by atoms with van der Waals surface area (Å²) in [5, 5.41) is 12.3. The third-order valence-electron chi connectivity index (χ3n) is 4.30. The highest BCUT2D eigenvalue weighted by atomic mass is 16.5. The van der Waals surface area contributed by atoms with Gasteiger partial charge in [0, 0.05) is 0 Å². The maximum atomic E-state index is 12.4. The van der Waals surface area contributed by atoms with E-state index in [9.17, 15) is 10.1 Å². The smallest absolute Gasteiger partial charge is 0.246 e. The van der Waals surface area contributed by atoms with Crippen molar-refractivity contribution in [3.8, 4) is 11.8 Å². The number of benzene rings is 2. The van der Waals surface area contributed by atoms with Crippen molar-refractivity contribution in [3.63, 3.8) is 0 Å². The highest BCUT2D eigenvalue weighted by Gasteiger charge is 2.38. The van der Waals surface area contributed by atoms with Gasteiger partial charge in [0.1, 0.15) is 5.75 Å². The van der Waals surface area contributed by atoms with Gasteiger partial charge in [-0.15, -0.1) is 0 Å². The number of imidazole rings is 1. The van der Waals surface area contributed by atoms with E-state index in [1.165, 1.54) is 0 Å². The first-order valence-electron chi connectivity index (χ1n) is 7.54. The molecule has 0 fully saturated rings. The first kappa shape index (κ1) is 14.3. The molecule has 2 aromatic carbocycles. The van der Waals surface area contributed by atoms with Gasteiger partial charge in [-0.1, -0.05) is 24.3 Å². The average Bonchev–Trinajstić information content (AvgIpc) is 2.98. The lowest BCUT2D eigenvalue weighted by Crippen LogP contribution is -2.37. The Morgan fingerprint density at radius 3 is 2.67 bits per heavy atom. The number of aromatic nitrogens is 2. The summed E-state index contributed by atoms with van der Waals surface area (Å²) in [5.74, 6) is 0.0291. The molecule has 0 aliphatic carbocycles. The van der Waals surface area contributed by atoms with Crippen molar-refractivity contribution < 1.29 is 9.53 Å². The summed E-state index contributed by atoms with van der Waals surface area (Å²) in [6.07, 6.45) is 0. The molecule has 1 N–H and O–H groups in total. The predicted molar refractivity (Wildman–Crippen MR) is 88.6 cm³/mol. The third kappa shape index (κ3) is 2.02. The number of nitrogens with one attached hydrogen (secondary N) is 1. The minimum Gasteiger partial charge on any atom is -0.497 e. The molecule has 0 bridgehead atoms. The van der Waals surface area contributed by atoms with Gasteiger partial charge in [-0.2, -0.15) is 5.26 Å². The molecule has 24 heavy (non-hydrogen) atoms. The molecule has 4 rings (SSSR count). The van der Waals surface area contributed by atoms with Crippen molar-refractivity contribution in [3.05, 3.63) is 54.1 Å². The number of nitrogens with zero attached hydrogens (tertiary/aromatic N) is 3. The van der Waals surface area contributed by atoms with E-state index in [0.29, 0.717) is 5.95 Å². The summed E-state index contributed by atoms with van der Waals surface area (Å²) in [4.78, 5) is 16.8. The van der Waals surface area contributed by atoms with Crippen LogP contribution in [-0.4, -0.2) is 22.6 Å². The second-order valence-electron chi connectivity index (χ2n) is 5.61. The van der Waals surface area contributed by atoms with Crippen LogP contribution in [0.3, 0.4) is 0 Å². The number of ether oxygens (including phenoxy) is 1. The van der Waals surface area contributed by atoms with E-state index in [4.69, 9.17) is 4.74 Å². The Morgan fingerprint density at radius 2 is 1.96 bits per heavy atom. The number of anilines is 1. The van der Waals surface area contributed by atoms with Crippen LogP contribution in [0.4, 0.5) is 5.95 Å². The molecule has 2 heterocycles. The molecule has 0 unspecified atom stereocenters. The van der Waals surface area contributed by atoms with E-state index in [1.807, 2.05) is 53.1 Å². The zero-order valence-electron chi connectivity index (χ0n) is 12.9. The van der Waals surface area contributed by atoms with Gasteiger partial charge in [0.05, 0.1) is 30.3 Å². The van der Waals surface area contributed by atoms with Gasteiger partial charge in [0.15, 0.2) is 5.92 Å². The minimum absolute atomic E-state index is 0.332. The lowest BCUT2D eigenvalue weighted by Gasteiger charge is -2.30. The normalized spacial score (nSPS) is 19.4. The Bertz CT molecular complexity index is 969. The van der Waals surface area contributed by atoms with E-state index in [2.05, 4.69) is 16.4 Å². The number of rotatable bonds is 2. The molecular weight excluding hydrogens is 304 g/mol. The van der Waals surface area contributed by atoms with Gasteiger partial charge < -0.3 is 9.30 Å². The zero-order chi connectivity index (χ0) is 16.7. The number of para-hydroxylation sites is 2. The summed E-state index contributed by atoms with van der Waals surface area (Å²) >= 11 is 0. The number of nitriles is 1. The van der Waals surface area contributed by atoms with Crippen LogP contribution in [-0.2, 0) is 4.79 Å². The molecule has 3 aromatic rings. The van der Waals surface area contributed by atoms with Gasteiger partial charge >= 0.3 is 0 Å². The Morgan fingerprint density at radius 1 is 1.21 bits per heavy atom. The number of hydrogen-bond donors (Lipinski definition) is 1. The number of methoxy groups -OCH3 is 1. The minimum atomic E-state index is -0.830. The van der Waals surface area contributed by atoms with E-state index in [0.717, 1.165) is 22.3 Å². The zero-order valence-corrected chi connectivity index (χ0v) is 12.9. The van der Waals surface area contributed by atoms with E-state index in [1.54, 1.807) is 7.11 Å². The van der Waals surface area contributed by atoms with Crippen LogP contribution >= 0.6 is 0 Å². The molecule has 118 valence electrons. The lowest BCUT2D eigenvalue weighted by molar-refractivity contribution is -0.119. The molecule has 0 radical (unpaired) electrons. The Balaban J connectivity index is 1.95. The molecule has 0 saturated heterocycles. The van der Waals surface area contributed by atoms with Crippen LogP contribution in [0.2, 0.25) is 0 Å². The summed E-state index contributed by atoms with van der Waals surface area (Å²) in [7, 11) is 1.60. The summed E-state index contributed by atoms with van der Waals surface area (Å²) in [5.41, 5.74) is 2.53. The van der Waals surface area contributed by atoms with E-state index >= 15 is 0 Å². The van der Waals surface area contributed by atoms with Crippen LogP contribution in [0.1, 0.15) is 11.6 Å². The standard InChI is InChI=1S/C18H14N4O2/c1-24-12-8-6-11(7-9-12)16-13(10-19)17(23)21-18-20-14-4-2-3-5-15(14)22(16)18/h2-9,13,16H,1H3,(H,20,21,23)/t13-,16-/m0/s1. The van der Waals surface area contributed by atoms with Crippen LogP contribution < -0.4 is 10.1 Å². The lowest BCUT2D eigenvalue weighted by atomic mass is 9.91. The average molecular weight is 318 g/mol.